The lowest BCUT2D eigenvalue weighted by atomic mass is 9.85. The van der Waals surface area contributed by atoms with Crippen molar-refractivity contribution in [2.24, 2.45) is 5.92 Å². The number of methoxy groups -OCH3 is 2. The molecule has 0 aliphatic heterocycles. The number of halogens is 5. The summed E-state index contributed by atoms with van der Waals surface area (Å²) in [5.41, 5.74) is -2.38. The number of Topliss-reactive ketones (excluding diaryl/α,β-unsaturated/α-hetero) is 1. The number of aromatic nitrogens is 2. The van der Waals surface area contributed by atoms with E-state index < -0.39 is 72.1 Å². The molecule has 232 valence electrons. The quantitative estimate of drug-likeness (QED) is 0.193. The Bertz CT molecular complexity index is 1420. The summed E-state index contributed by atoms with van der Waals surface area (Å²) in [6.45, 7) is -1.41. The molecule has 0 atom stereocenters. The number of aliphatic hydroxyl groups excluding tert-OH is 1. The Morgan fingerprint density at radius 3 is 2.12 bits per heavy atom. The Kier molecular flexibility index (Phi) is 9.70. The number of benzene rings is 2. The van der Waals surface area contributed by atoms with Crippen LogP contribution in [-0.2, 0) is 12.7 Å². The number of aliphatic hydroxyl groups is 2. The fraction of sp³-hybridized carbons (Fsp3) is 0.414. The van der Waals surface area contributed by atoms with Crippen LogP contribution in [0.15, 0.2) is 42.6 Å². The van der Waals surface area contributed by atoms with Crippen molar-refractivity contribution in [3.8, 4) is 11.5 Å². The highest BCUT2D eigenvalue weighted by molar-refractivity contribution is 6.05. The fourth-order valence-corrected chi connectivity index (χ4v) is 5.39. The van der Waals surface area contributed by atoms with E-state index in [2.05, 4.69) is 5.10 Å². The van der Waals surface area contributed by atoms with Crippen molar-refractivity contribution in [3.05, 3.63) is 76.6 Å². The van der Waals surface area contributed by atoms with Crippen LogP contribution < -0.4 is 9.47 Å². The highest BCUT2D eigenvalue weighted by atomic mass is 19.4. The first-order valence-electron chi connectivity index (χ1n) is 13.3. The van der Waals surface area contributed by atoms with Crippen molar-refractivity contribution in [3.63, 3.8) is 0 Å². The number of alkyl halides is 3. The van der Waals surface area contributed by atoms with Gasteiger partial charge in [0.05, 0.1) is 38.6 Å². The normalized spacial score (nSPS) is 17.2. The first kappa shape index (κ1) is 31.9. The molecule has 2 aromatic carbocycles. The Hall–Kier alpha value is -4.04. The molecule has 0 spiro atoms. The molecule has 43 heavy (non-hydrogen) atoms. The maximum atomic E-state index is 14.5. The molecule has 2 N–H and O–H groups in total. The average Bonchev–Trinajstić information content (AvgIpc) is 3.41. The minimum atomic E-state index is -5.04. The van der Waals surface area contributed by atoms with Crippen LogP contribution in [0.4, 0.5) is 22.0 Å². The summed E-state index contributed by atoms with van der Waals surface area (Å²) in [7, 11) is 2.59. The molecular weight excluding hydrogens is 581 g/mol. The van der Waals surface area contributed by atoms with Crippen LogP contribution >= 0.6 is 0 Å². The maximum Gasteiger partial charge on any atom is 0.433 e. The Labute approximate surface area is 243 Å². The predicted octanol–water partition coefficient (Wildman–Crippen LogP) is 4.76. The zero-order chi connectivity index (χ0) is 31.5. The number of hydrogen-bond acceptors (Lipinski definition) is 7. The highest BCUT2D eigenvalue weighted by Crippen LogP contribution is 2.40. The van der Waals surface area contributed by atoms with Crippen molar-refractivity contribution in [2.75, 3.05) is 20.8 Å². The van der Waals surface area contributed by atoms with Crippen LogP contribution in [0.5, 0.6) is 11.5 Å². The number of hydrogen-bond donors (Lipinski definition) is 2. The summed E-state index contributed by atoms with van der Waals surface area (Å²) in [5, 5.41) is 22.8. The van der Waals surface area contributed by atoms with Crippen molar-refractivity contribution < 1.29 is 51.2 Å². The van der Waals surface area contributed by atoms with E-state index in [4.69, 9.17) is 9.47 Å². The molecule has 14 heteroatoms. The van der Waals surface area contributed by atoms with Gasteiger partial charge < -0.3 is 24.6 Å². The first-order valence-corrected chi connectivity index (χ1v) is 13.3. The lowest BCUT2D eigenvalue weighted by molar-refractivity contribution is -0.146. The second-order valence-electron chi connectivity index (χ2n) is 10.2. The summed E-state index contributed by atoms with van der Waals surface area (Å²) in [5.74, 6) is -4.30. The molecule has 1 aromatic heterocycles. The number of rotatable bonds is 10. The van der Waals surface area contributed by atoms with Gasteiger partial charge in [0, 0.05) is 18.5 Å². The molecule has 1 aliphatic rings. The molecule has 4 rings (SSSR count). The molecule has 9 nitrogen and oxygen atoms in total. The van der Waals surface area contributed by atoms with Crippen molar-refractivity contribution >= 4 is 11.7 Å². The molecule has 1 saturated carbocycles. The van der Waals surface area contributed by atoms with Crippen LogP contribution in [0.1, 0.15) is 63.7 Å². The van der Waals surface area contributed by atoms with Crippen molar-refractivity contribution in [2.45, 2.75) is 50.7 Å². The second kappa shape index (κ2) is 13.1. The van der Waals surface area contributed by atoms with E-state index in [9.17, 15) is 41.8 Å². The standard InChI is InChI=1S/C29H30F5N3O6/c1-42-23-4-3-5-24(43-2)25(23)22(38)15-36(14-16-10-18(30)12-19(31)11-16)27(39)21-13-35-37(26(21)29(32,33)34)20-8-6-17(7-9-20)28(40)41/h3-5,10-13,17,20,28,40-41H,6-9,14-15H2,1-2H3. The summed E-state index contributed by atoms with van der Waals surface area (Å²) >= 11 is 0. The van der Waals surface area contributed by atoms with E-state index >= 15 is 0 Å². The molecule has 0 radical (unpaired) electrons. The average molecular weight is 612 g/mol. The monoisotopic (exact) mass is 611 g/mol. The topological polar surface area (TPSA) is 114 Å². The summed E-state index contributed by atoms with van der Waals surface area (Å²) < 4.78 is 82.6. The molecule has 1 amide bonds. The molecule has 0 unspecified atom stereocenters. The molecule has 3 aromatic rings. The first-order chi connectivity index (χ1) is 20.3. The largest absolute Gasteiger partial charge is 0.496 e. The predicted molar refractivity (Wildman–Crippen MR) is 141 cm³/mol. The maximum absolute atomic E-state index is 14.5. The van der Waals surface area contributed by atoms with Gasteiger partial charge in [0.15, 0.2) is 17.8 Å². The van der Waals surface area contributed by atoms with Crippen molar-refractivity contribution in [1.29, 1.82) is 0 Å². The number of carbonyl (C=O) groups excluding carboxylic acids is 2. The van der Waals surface area contributed by atoms with Crippen LogP contribution in [0.2, 0.25) is 0 Å². The minimum Gasteiger partial charge on any atom is -0.496 e. The zero-order valence-electron chi connectivity index (χ0n) is 23.3. The highest BCUT2D eigenvalue weighted by Gasteiger charge is 2.43. The lowest BCUT2D eigenvalue weighted by Crippen LogP contribution is -2.37. The van der Waals surface area contributed by atoms with Gasteiger partial charge in [-0.2, -0.15) is 18.3 Å². The Balaban J connectivity index is 1.74. The van der Waals surface area contributed by atoms with Crippen molar-refractivity contribution in [1.82, 2.24) is 14.7 Å². The lowest BCUT2D eigenvalue weighted by Gasteiger charge is -2.31. The molecule has 1 fully saturated rings. The van der Waals surface area contributed by atoms with E-state index in [0.29, 0.717) is 10.7 Å². The third-order valence-electron chi connectivity index (χ3n) is 7.43. The third kappa shape index (κ3) is 7.13. The third-order valence-corrected chi connectivity index (χ3v) is 7.43. The molecular formula is C29H30F5N3O6. The van der Waals surface area contributed by atoms with Gasteiger partial charge in [0.1, 0.15) is 28.7 Å². The zero-order valence-corrected chi connectivity index (χ0v) is 23.3. The van der Waals surface area contributed by atoms with E-state index in [0.717, 1.165) is 23.2 Å². The van der Waals surface area contributed by atoms with Gasteiger partial charge in [-0.05, 0) is 55.5 Å². The number of ketones is 1. The van der Waals surface area contributed by atoms with E-state index in [1.54, 1.807) is 6.07 Å². The van der Waals surface area contributed by atoms with Crippen LogP contribution in [0.25, 0.3) is 0 Å². The molecule has 1 heterocycles. The van der Waals surface area contributed by atoms with E-state index in [1.165, 1.54) is 26.4 Å². The number of carbonyl (C=O) groups is 2. The van der Waals surface area contributed by atoms with E-state index in [1.807, 2.05) is 0 Å². The van der Waals surface area contributed by atoms with Gasteiger partial charge in [-0.1, -0.05) is 6.07 Å². The van der Waals surface area contributed by atoms with Gasteiger partial charge >= 0.3 is 6.18 Å². The van der Waals surface area contributed by atoms with Gasteiger partial charge in [-0.15, -0.1) is 0 Å². The SMILES string of the molecule is COc1cccc(OC)c1C(=O)CN(Cc1cc(F)cc(F)c1)C(=O)c1cnn(C2CCC(C(O)O)CC2)c1C(F)(F)F. The molecule has 0 saturated heterocycles. The minimum absolute atomic E-state index is 0.0784. The summed E-state index contributed by atoms with van der Waals surface area (Å²) in [4.78, 5) is 28.1. The van der Waals surface area contributed by atoms with E-state index in [-0.39, 0.29) is 48.3 Å². The Morgan fingerprint density at radius 1 is 1.02 bits per heavy atom. The van der Waals surface area contributed by atoms with Gasteiger partial charge in [-0.25, -0.2) is 8.78 Å². The van der Waals surface area contributed by atoms with Crippen LogP contribution in [0, 0.1) is 17.6 Å². The van der Waals surface area contributed by atoms with Gasteiger partial charge in [-0.3, -0.25) is 14.3 Å². The van der Waals surface area contributed by atoms with Crippen LogP contribution in [0.3, 0.4) is 0 Å². The van der Waals surface area contributed by atoms with Gasteiger partial charge in [0.25, 0.3) is 5.91 Å². The smallest absolute Gasteiger partial charge is 0.433 e. The van der Waals surface area contributed by atoms with Crippen LogP contribution in [-0.4, -0.2) is 63.6 Å². The number of amides is 1. The summed E-state index contributed by atoms with van der Waals surface area (Å²) in [6, 6.07) is 6.08. The number of nitrogens with zero attached hydrogens (tertiary/aromatic N) is 3. The second-order valence-corrected chi connectivity index (χ2v) is 10.2. The van der Waals surface area contributed by atoms with Gasteiger partial charge in [0.2, 0.25) is 0 Å². The fourth-order valence-electron chi connectivity index (χ4n) is 5.39. The number of ether oxygens (including phenoxy) is 2. The molecule has 0 bridgehead atoms. The Morgan fingerprint density at radius 2 is 1.60 bits per heavy atom. The molecule has 1 aliphatic carbocycles. The summed E-state index contributed by atoms with van der Waals surface area (Å²) in [6.07, 6.45) is -5.12.